The van der Waals surface area contributed by atoms with Crippen molar-refractivity contribution in [3.8, 4) is 0 Å². The Labute approximate surface area is 221 Å². The molecule has 6 nitrogen and oxygen atoms in total. The van der Waals surface area contributed by atoms with Crippen LogP contribution in [-0.2, 0) is 11.0 Å². The lowest BCUT2D eigenvalue weighted by Gasteiger charge is -2.46. The monoisotopic (exact) mass is 528 g/mol. The fraction of sp³-hybridized carbons (Fsp3) is 0.517. The molecular formula is C29H35F3N4O2. The second-order valence-electron chi connectivity index (χ2n) is 10.8. The fourth-order valence-corrected chi connectivity index (χ4v) is 5.99. The van der Waals surface area contributed by atoms with Gasteiger partial charge >= 0.3 is 6.18 Å². The molecule has 2 aromatic carbocycles. The van der Waals surface area contributed by atoms with E-state index in [4.69, 9.17) is 0 Å². The van der Waals surface area contributed by atoms with Gasteiger partial charge in [0.15, 0.2) is 0 Å². The number of carbonyl (C=O) groups excluding carboxylic acids is 2. The van der Waals surface area contributed by atoms with Crippen LogP contribution >= 0.6 is 0 Å². The molecule has 0 bridgehead atoms. The first-order valence-electron chi connectivity index (χ1n) is 13.6. The van der Waals surface area contributed by atoms with Gasteiger partial charge in [0.05, 0.1) is 18.2 Å². The van der Waals surface area contributed by atoms with Crippen LogP contribution in [0.3, 0.4) is 0 Å². The zero-order valence-electron chi connectivity index (χ0n) is 21.5. The van der Waals surface area contributed by atoms with Gasteiger partial charge in [0.25, 0.3) is 5.91 Å². The standard InChI is InChI=1S/C29H35F3N4O2/c30-29(31,32)23-5-3-4-22(16-23)28(38)33-17-27(37)34-24-18-36(19-24)26-12-8-21(9-13-26)20-6-10-25(11-7-20)35-14-1-2-15-35/h3-7,10-11,16,21,24,26H,1-2,8-9,12-15,17-19H2,(H,33,38)(H,34,37)/t21-,26+. The number of anilines is 1. The quantitative estimate of drug-likeness (QED) is 0.553. The van der Waals surface area contributed by atoms with E-state index < -0.39 is 17.6 Å². The van der Waals surface area contributed by atoms with Gasteiger partial charge < -0.3 is 15.5 Å². The molecule has 9 heteroatoms. The number of alkyl halides is 3. The second-order valence-corrected chi connectivity index (χ2v) is 10.8. The number of carbonyl (C=O) groups is 2. The maximum absolute atomic E-state index is 12.9. The van der Waals surface area contributed by atoms with Crippen molar-refractivity contribution in [2.24, 2.45) is 0 Å². The van der Waals surface area contributed by atoms with E-state index in [0.717, 1.165) is 51.2 Å². The third-order valence-corrected chi connectivity index (χ3v) is 8.19. The number of halogens is 3. The van der Waals surface area contributed by atoms with E-state index in [1.807, 2.05) is 0 Å². The van der Waals surface area contributed by atoms with Crippen LogP contribution in [0.1, 0.15) is 65.9 Å². The van der Waals surface area contributed by atoms with Gasteiger partial charge in [-0.25, -0.2) is 0 Å². The third kappa shape index (κ3) is 6.31. The molecule has 1 aliphatic carbocycles. The van der Waals surface area contributed by atoms with Crippen LogP contribution in [0.5, 0.6) is 0 Å². The van der Waals surface area contributed by atoms with Crippen LogP contribution < -0.4 is 15.5 Å². The predicted molar refractivity (Wildman–Crippen MR) is 140 cm³/mol. The Bertz CT molecular complexity index is 1120. The van der Waals surface area contributed by atoms with Gasteiger partial charge in [-0.05, 0) is 80.3 Å². The Morgan fingerprint density at radius 1 is 0.921 bits per heavy atom. The van der Waals surface area contributed by atoms with E-state index in [9.17, 15) is 22.8 Å². The minimum Gasteiger partial charge on any atom is -0.372 e. The summed E-state index contributed by atoms with van der Waals surface area (Å²) in [7, 11) is 0. The van der Waals surface area contributed by atoms with Crippen molar-refractivity contribution in [2.45, 2.75) is 62.7 Å². The summed E-state index contributed by atoms with van der Waals surface area (Å²) in [6, 6.07) is 13.9. The summed E-state index contributed by atoms with van der Waals surface area (Å²) in [5.41, 5.74) is 1.75. The van der Waals surface area contributed by atoms with E-state index in [0.29, 0.717) is 12.0 Å². The highest BCUT2D eigenvalue weighted by Gasteiger charge is 2.35. The second kappa shape index (κ2) is 11.4. The lowest BCUT2D eigenvalue weighted by molar-refractivity contribution is -0.137. The van der Waals surface area contributed by atoms with Crippen molar-refractivity contribution in [3.63, 3.8) is 0 Å². The van der Waals surface area contributed by atoms with E-state index in [-0.39, 0.29) is 24.1 Å². The summed E-state index contributed by atoms with van der Waals surface area (Å²) in [5, 5.41) is 5.32. The number of hydrogen-bond donors (Lipinski definition) is 2. The number of likely N-dealkylation sites (tertiary alicyclic amines) is 1. The van der Waals surface area contributed by atoms with Crippen molar-refractivity contribution in [1.82, 2.24) is 15.5 Å². The molecule has 0 radical (unpaired) electrons. The van der Waals surface area contributed by atoms with Gasteiger partial charge in [-0.1, -0.05) is 18.2 Å². The summed E-state index contributed by atoms with van der Waals surface area (Å²) in [6.07, 6.45) is 2.67. The number of nitrogens with zero attached hydrogens (tertiary/aromatic N) is 2. The fourth-order valence-electron chi connectivity index (χ4n) is 5.99. The van der Waals surface area contributed by atoms with Gasteiger partial charge in [-0.15, -0.1) is 0 Å². The molecule has 2 heterocycles. The summed E-state index contributed by atoms with van der Waals surface area (Å²) < 4.78 is 38.6. The molecule has 3 aliphatic rings. The first kappa shape index (κ1) is 26.5. The SMILES string of the molecule is O=C(CNC(=O)c1cccc(C(F)(F)F)c1)NC1CN([C@H]2CC[C@@H](c3ccc(N4CCCC4)cc3)CC2)C1. The average molecular weight is 529 g/mol. The third-order valence-electron chi connectivity index (χ3n) is 8.19. The Kier molecular flexibility index (Phi) is 7.93. The van der Waals surface area contributed by atoms with Crippen LogP contribution in [0, 0.1) is 0 Å². The van der Waals surface area contributed by atoms with E-state index in [2.05, 4.69) is 44.7 Å². The van der Waals surface area contributed by atoms with Crippen molar-refractivity contribution in [3.05, 3.63) is 65.2 Å². The molecule has 38 heavy (non-hydrogen) atoms. The maximum atomic E-state index is 12.9. The number of rotatable bonds is 7. The summed E-state index contributed by atoms with van der Waals surface area (Å²) in [4.78, 5) is 29.3. The number of hydrogen-bond acceptors (Lipinski definition) is 4. The molecule has 2 amide bonds. The van der Waals surface area contributed by atoms with Crippen LogP contribution in [-0.4, -0.2) is 61.5 Å². The largest absolute Gasteiger partial charge is 0.416 e. The average Bonchev–Trinajstić information content (AvgIpc) is 3.44. The lowest BCUT2D eigenvalue weighted by atomic mass is 9.80. The topological polar surface area (TPSA) is 64.7 Å². The molecule has 3 fully saturated rings. The molecule has 2 saturated heterocycles. The Morgan fingerprint density at radius 3 is 2.26 bits per heavy atom. The number of nitrogens with one attached hydrogen (secondary N) is 2. The van der Waals surface area contributed by atoms with Crippen molar-refractivity contribution in [2.75, 3.05) is 37.6 Å². The van der Waals surface area contributed by atoms with Crippen LogP contribution in [0.25, 0.3) is 0 Å². The molecule has 5 rings (SSSR count). The zero-order valence-corrected chi connectivity index (χ0v) is 21.5. The molecule has 2 N–H and O–H groups in total. The van der Waals surface area contributed by atoms with Gasteiger partial charge in [0.2, 0.25) is 5.91 Å². The first-order chi connectivity index (χ1) is 18.3. The minimum atomic E-state index is -4.53. The van der Waals surface area contributed by atoms with Crippen LogP contribution in [0.2, 0.25) is 0 Å². The van der Waals surface area contributed by atoms with E-state index in [1.54, 1.807) is 0 Å². The Hall–Kier alpha value is -3.07. The van der Waals surface area contributed by atoms with Gasteiger partial charge in [0.1, 0.15) is 0 Å². The zero-order chi connectivity index (χ0) is 26.7. The summed E-state index contributed by atoms with van der Waals surface area (Å²) in [6.45, 7) is 3.62. The smallest absolute Gasteiger partial charge is 0.372 e. The maximum Gasteiger partial charge on any atom is 0.416 e. The molecule has 1 saturated carbocycles. The highest BCUT2D eigenvalue weighted by Crippen LogP contribution is 2.37. The molecular weight excluding hydrogens is 493 g/mol. The minimum absolute atomic E-state index is 0.0313. The van der Waals surface area contributed by atoms with Crippen LogP contribution in [0.4, 0.5) is 18.9 Å². The lowest BCUT2D eigenvalue weighted by Crippen LogP contribution is -2.63. The molecule has 2 aromatic rings. The number of amides is 2. The molecule has 0 unspecified atom stereocenters. The first-order valence-corrected chi connectivity index (χ1v) is 13.6. The van der Waals surface area contributed by atoms with E-state index in [1.165, 1.54) is 49.1 Å². The molecule has 0 atom stereocenters. The normalized spacial score (nSPS) is 22.7. The predicted octanol–water partition coefficient (Wildman–Crippen LogP) is 4.56. The van der Waals surface area contributed by atoms with Crippen LogP contribution in [0.15, 0.2) is 48.5 Å². The number of benzene rings is 2. The molecule has 2 aliphatic heterocycles. The molecule has 204 valence electrons. The highest BCUT2D eigenvalue weighted by atomic mass is 19.4. The van der Waals surface area contributed by atoms with Crippen molar-refractivity contribution < 1.29 is 22.8 Å². The van der Waals surface area contributed by atoms with Gasteiger partial charge in [-0.2, -0.15) is 13.2 Å². The van der Waals surface area contributed by atoms with Gasteiger partial charge in [-0.3, -0.25) is 14.5 Å². The molecule has 0 spiro atoms. The highest BCUT2D eigenvalue weighted by molar-refractivity contribution is 5.96. The van der Waals surface area contributed by atoms with Crippen molar-refractivity contribution >= 4 is 17.5 Å². The summed E-state index contributed by atoms with van der Waals surface area (Å²) in [5.74, 6) is -0.434. The van der Waals surface area contributed by atoms with Gasteiger partial charge in [0, 0.05) is 43.5 Å². The Morgan fingerprint density at radius 2 is 1.61 bits per heavy atom. The van der Waals surface area contributed by atoms with Crippen molar-refractivity contribution in [1.29, 1.82) is 0 Å². The summed E-state index contributed by atoms with van der Waals surface area (Å²) >= 11 is 0. The molecule has 0 aromatic heterocycles. The Balaban J connectivity index is 1.00. The van der Waals surface area contributed by atoms with E-state index >= 15 is 0 Å².